The fourth-order valence-corrected chi connectivity index (χ4v) is 2.87. The monoisotopic (exact) mass is 391 g/mol. The van der Waals surface area contributed by atoms with Crippen LogP contribution in [0.1, 0.15) is 10.5 Å². The fraction of sp³-hybridized carbons (Fsp3) is 0. The van der Waals surface area contributed by atoms with E-state index in [1.807, 2.05) is 0 Å². The molecule has 0 radical (unpaired) electrons. The summed E-state index contributed by atoms with van der Waals surface area (Å²) in [5, 5.41) is 13.7. The van der Waals surface area contributed by atoms with Crippen molar-refractivity contribution in [3.8, 4) is 0 Å². The summed E-state index contributed by atoms with van der Waals surface area (Å²) in [5.74, 6) is 0.00603. The number of fused-ring (bicyclic) bond motifs is 1. The summed E-state index contributed by atoms with van der Waals surface area (Å²) in [7, 11) is 0. The number of H-pyrrole nitrogens is 1. The molecule has 2 heterocycles. The summed E-state index contributed by atoms with van der Waals surface area (Å²) in [4.78, 5) is 29.0. The maximum Gasteiger partial charge on any atom is 0.276 e. The summed E-state index contributed by atoms with van der Waals surface area (Å²) >= 11 is 5.91. The zero-order valence-corrected chi connectivity index (χ0v) is 15.2. The highest BCUT2D eigenvalue weighted by Crippen LogP contribution is 2.24. The van der Waals surface area contributed by atoms with E-state index >= 15 is 0 Å². The molecule has 0 spiro atoms. The third-order valence-electron chi connectivity index (χ3n) is 4.07. The Kier molecular flexibility index (Phi) is 4.74. The van der Waals surface area contributed by atoms with Crippen LogP contribution in [0.25, 0.3) is 10.8 Å². The molecule has 0 unspecified atom stereocenters. The number of nitrogens with zero attached hydrogens (tertiary/aromatic N) is 2. The number of benzene rings is 2. The van der Waals surface area contributed by atoms with Crippen LogP contribution in [0, 0.1) is 0 Å². The highest BCUT2D eigenvalue weighted by atomic mass is 35.5. The van der Waals surface area contributed by atoms with Gasteiger partial charge in [0, 0.05) is 22.3 Å². The van der Waals surface area contributed by atoms with Crippen LogP contribution in [-0.4, -0.2) is 21.1 Å². The van der Waals surface area contributed by atoms with Crippen LogP contribution >= 0.6 is 11.6 Å². The van der Waals surface area contributed by atoms with Gasteiger partial charge in [-0.3, -0.25) is 9.59 Å². The predicted octanol–water partition coefficient (Wildman–Crippen LogP) is 3.97. The van der Waals surface area contributed by atoms with Gasteiger partial charge >= 0.3 is 0 Å². The highest BCUT2D eigenvalue weighted by Gasteiger charge is 2.16. The first-order valence-electron chi connectivity index (χ1n) is 8.38. The number of aromatic amines is 1. The van der Waals surface area contributed by atoms with Gasteiger partial charge in [0.2, 0.25) is 0 Å². The number of hydrogen-bond donors (Lipinski definition) is 3. The number of carbonyl (C=O) groups is 1. The Labute approximate surface area is 164 Å². The van der Waals surface area contributed by atoms with Crippen LogP contribution in [0.15, 0.2) is 71.7 Å². The molecule has 0 fully saturated rings. The standard InChI is InChI=1S/C20H14ClN5O2/c21-12-7-9-13(10-8-12)23-18-16(6-3-11-22-18)24-20(28)17-14-4-1-2-5-15(14)19(27)26-25-17/h1-11H,(H,22,23)(H,24,28)(H,26,27). The molecule has 2 aromatic carbocycles. The maximum atomic E-state index is 12.8. The first-order chi connectivity index (χ1) is 13.6. The Morgan fingerprint density at radius 1 is 0.964 bits per heavy atom. The second-order valence-corrected chi connectivity index (χ2v) is 6.37. The van der Waals surface area contributed by atoms with Crippen LogP contribution in [-0.2, 0) is 0 Å². The average molecular weight is 392 g/mol. The number of anilines is 3. The van der Waals surface area contributed by atoms with Gasteiger partial charge in [0.15, 0.2) is 11.5 Å². The van der Waals surface area contributed by atoms with Gasteiger partial charge in [-0.25, -0.2) is 10.1 Å². The highest BCUT2D eigenvalue weighted by molar-refractivity contribution is 6.30. The second-order valence-electron chi connectivity index (χ2n) is 5.93. The summed E-state index contributed by atoms with van der Waals surface area (Å²) in [5.41, 5.74) is 1.01. The van der Waals surface area contributed by atoms with Crippen molar-refractivity contribution in [3.05, 3.63) is 87.9 Å². The van der Waals surface area contributed by atoms with Crippen molar-refractivity contribution in [3.63, 3.8) is 0 Å². The number of hydrogen-bond acceptors (Lipinski definition) is 5. The normalized spacial score (nSPS) is 10.6. The average Bonchev–Trinajstić information content (AvgIpc) is 2.71. The van der Waals surface area contributed by atoms with E-state index < -0.39 is 5.91 Å². The van der Waals surface area contributed by atoms with Crippen molar-refractivity contribution >= 4 is 45.5 Å². The van der Waals surface area contributed by atoms with Crippen LogP contribution in [0.4, 0.5) is 17.2 Å². The van der Waals surface area contributed by atoms with Gasteiger partial charge in [-0.05, 0) is 42.5 Å². The number of nitrogens with one attached hydrogen (secondary N) is 3. The molecule has 0 saturated heterocycles. The van der Waals surface area contributed by atoms with Crippen LogP contribution < -0.4 is 16.2 Å². The Balaban J connectivity index is 1.65. The van der Waals surface area contributed by atoms with E-state index in [4.69, 9.17) is 11.6 Å². The summed E-state index contributed by atoms with van der Waals surface area (Å²) in [6, 6.07) is 17.3. The van der Waals surface area contributed by atoms with Gasteiger partial charge in [0.25, 0.3) is 11.5 Å². The number of amides is 1. The molecule has 0 saturated carbocycles. The largest absolute Gasteiger partial charge is 0.338 e. The van der Waals surface area contributed by atoms with Gasteiger partial charge in [-0.2, -0.15) is 5.10 Å². The van der Waals surface area contributed by atoms with E-state index in [0.717, 1.165) is 5.69 Å². The lowest BCUT2D eigenvalue weighted by molar-refractivity contribution is 0.102. The van der Waals surface area contributed by atoms with E-state index in [2.05, 4.69) is 25.8 Å². The first kappa shape index (κ1) is 17.7. The van der Waals surface area contributed by atoms with E-state index in [-0.39, 0.29) is 11.3 Å². The van der Waals surface area contributed by atoms with Crippen molar-refractivity contribution in [2.45, 2.75) is 0 Å². The smallest absolute Gasteiger partial charge is 0.276 e. The van der Waals surface area contributed by atoms with Gasteiger partial charge in [-0.1, -0.05) is 29.8 Å². The number of pyridine rings is 1. The zero-order chi connectivity index (χ0) is 19.5. The van der Waals surface area contributed by atoms with Gasteiger partial charge < -0.3 is 10.6 Å². The number of carbonyl (C=O) groups excluding carboxylic acids is 1. The quantitative estimate of drug-likeness (QED) is 0.488. The lowest BCUT2D eigenvalue weighted by Crippen LogP contribution is -2.19. The molecule has 2 aromatic heterocycles. The summed E-state index contributed by atoms with van der Waals surface area (Å²) in [6.07, 6.45) is 1.61. The molecule has 7 nitrogen and oxygen atoms in total. The SMILES string of the molecule is O=C(Nc1cccnc1Nc1ccc(Cl)cc1)c1n[nH]c(=O)c2ccccc12. The molecule has 4 aromatic rings. The number of aromatic nitrogens is 3. The molecule has 0 aliphatic carbocycles. The van der Waals surface area contributed by atoms with Crippen molar-refractivity contribution in [2.24, 2.45) is 0 Å². The minimum Gasteiger partial charge on any atom is -0.338 e. The van der Waals surface area contributed by atoms with Crippen LogP contribution in [0.3, 0.4) is 0 Å². The van der Waals surface area contributed by atoms with Crippen LogP contribution in [0.5, 0.6) is 0 Å². The Bertz CT molecular complexity index is 1220. The third-order valence-corrected chi connectivity index (χ3v) is 4.33. The van der Waals surface area contributed by atoms with Crippen molar-refractivity contribution in [1.29, 1.82) is 0 Å². The molecule has 8 heteroatoms. The summed E-state index contributed by atoms with van der Waals surface area (Å²) < 4.78 is 0. The second kappa shape index (κ2) is 7.50. The summed E-state index contributed by atoms with van der Waals surface area (Å²) in [6.45, 7) is 0. The molecule has 28 heavy (non-hydrogen) atoms. The minimum atomic E-state index is -0.459. The van der Waals surface area contributed by atoms with E-state index in [1.54, 1.807) is 66.9 Å². The molecule has 0 bridgehead atoms. The Morgan fingerprint density at radius 2 is 1.71 bits per heavy atom. The molecular formula is C20H14ClN5O2. The number of rotatable bonds is 4. The molecule has 3 N–H and O–H groups in total. The van der Waals surface area contributed by atoms with E-state index in [0.29, 0.717) is 27.3 Å². The fourth-order valence-electron chi connectivity index (χ4n) is 2.75. The molecule has 4 rings (SSSR count). The maximum absolute atomic E-state index is 12.8. The predicted molar refractivity (Wildman–Crippen MR) is 109 cm³/mol. The lowest BCUT2D eigenvalue weighted by atomic mass is 10.1. The van der Waals surface area contributed by atoms with Crippen molar-refractivity contribution in [1.82, 2.24) is 15.2 Å². The minimum absolute atomic E-state index is 0.122. The lowest BCUT2D eigenvalue weighted by Gasteiger charge is -2.12. The topological polar surface area (TPSA) is 99.8 Å². The van der Waals surface area contributed by atoms with Crippen LogP contribution in [0.2, 0.25) is 5.02 Å². The molecule has 138 valence electrons. The van der Waals surface area contributed by atoms with Gasteiger partial charge in [0.05, 0.1) is 11.1 Å². The van der Waals surface area contributed by atoms with E-state index in [1.165, 1.54) is 0 Å². The molecule has 0 aliphatic rings. The molecule has 1 amide bonds. The van der Waals surface area contributed by atoms with Gasteiger partial charge in [-0.15, -0.1) is 0 Å². The Morgan fingerprint density at radius 3 is 2.50 bits per heavy atom. The molecule has 0 atom stereocenters. The van der Waals surface area contributed by atoms with Gasteiger partial charge in [0.1, 0.15) is 0 Å². The van der Waals surface area contributed by atoms with Crippen molar-refractivity contribution < 1.29 is 4.79 Å². The zero-order valence-electron chi connectivity index (χ0n) is 14.4. The first-order valence-corrected chi connectivity index (χ1v) is 8.76. The van der Waals surface area contributed by atoms with E-state index in [9.17, 15) is 9.59 Å². The van der Waals surface area contributed by atoms with Crippen molar-refractivity contribution in [2.75, 3.05) is 10.6 Å². The number of halogens is 1. The Hall–Kier alpha value is -3.71. The molecule has 0 aliphatic heterocycles. The molecular weight excluding hydrogens is 378 g/mol. The third kappa shape index (κ3) is 3.56.